The van der Waals surface area contributed by atoms with Gasteiger partial charge in [-0.3, -0.25) is 0 Å². The third kappa shape index (κ3) is 5.29. The molecule has 2 nitrogen and oxygen atoms in total. The van der Waals surface area contributed by atoms with E-state index in [0.717, 1.165) is 18.5 Å². The van der Waals surface area contributed by atoms with Crippen LogP contribution in [-0.2, 0) is 11.3 Å². The van der Waals surface area contributed by atoms with Gasteiger partial charge in [-0.25, -0.2) is 4.39 Å². The Bertz CT molecular complexity index is 335. The lowest BCUT2D eigenvalue weighted by Gasteiger charge is -2.27. The molecule has 0 aliphatic carbocycles. The van der Waals surface area contributed by atoms with Gasteiger partial charge in [0.15, 0.2) is 0 Å². The summed E-state index contributed by atoms with van der Waals surface area (Å²) in [5.74, 6) is -0.192. The molecule has 1 unspecified atom stereocenters. The van der Waals surface area contributed by atoms with Gasteiger partial charge in [0.1, 0.15) is 5.82 Å². The van der Waals surface area contributed by atoms with Crippen molar-refractivity contribution in [3.63, 3.8) is 0 Å². The Hall–Kier alpha value is -0.930. The van der Waals surface area contributed by atoms with Gasteiger partial charge >= 0.3 is 0 Å². The second kappa shape index (κ2) is 6.12. The first-order chi connectivity index (χ1) is 7.93. The number of rotatable bonds is 6. The highest BCUT2D eigenvalue weighted by Gasteiger charge is 2.19. The van der Waals surface area contributed by atoms with E-state index in [1.54, 1.807) is 19.2 Å². The second-order valence-corrected chi connectivity index (χ2v) is 5.08. The predicted molar refractivity (Wildman–Crippen MR) is 68.4 cm³/mol. The van der Waals surface area contributed by atoms with Gasteiger partial charge < -0.3 is 10.1 Å². The molecule has 0 saturated heterocycles. The van der Waals surface area contributed by atoms with Gasteiger partial charge in [0.2, 0.25) is 0 Å². The zero-order valence-corrected chi connectivity index (χ0v) is 11.1. The third-order valence-electron chi connectivity index (χ3n) is 2.92. The van der Waals surface area contributed by atoms with E-state index in [1.807, 2.05) is 0 Å². The quantitative estimate of drug-likeness (QED) is 0.823. The van der Waals surface area contributed by atoms with E-state index in [0.29, 0.717) is 6.04 Å². The first-order valence-corrected chi connectivity index (χ1v) is 5.96. The fraction of sp³-hybridized carbons (Fsp3) is 0.571. The lowest BCUT2D eigenvalue weighted by molar-refractivity contribution is 0.00844. The standard InChI is InChI=1S/C14H22FNO/c1-11(9-14(2,3)17-4)16-10-12-5-7-13(15)8-6-12/h5-8,11,16H,9-10H2,1-4H3. The van der Waals surface area contributed by atoms with Crippen LogP contribution in [0.1, 0.15) is 32.8 Å². The van der Waals surface area contributed by atoms with Crippen LogP contribution in [0.4, 0.5) is 4.39 Å². The van der Waals surface area contributed by atoms with Crippen molar-refractivity contribution in [1.82, 2.24) is 5.32 Å². The van der Waals surface area contributed by atoms with Crippen molar-refractivity contribution >= 4 is 0 Å². The minimum atomic E-state index is -0.192. The van der Waals surface area contributed by atoms with Crippen LogP contribution in [0.25, 0.3) is 0 Å². The number of benzene rings is 1. The van der Waals surface area contributed by atoms with E-state index in [2.05, 4.69) is 26.1 Å². The summed E-state index contributed by atoms with van der Waals surface area (Å²) in [5.41, 5.74) is 0.975. The van der Waals surface area contributed by atoms with Crippen molar-refractivity contribution in [3.8, 4) is 0 Å². The largest absolute Gasteiger partial charge is 0.379 e. The summed E-state index contributed by atoms with van der Waals surface area (Å²) in [6.45, 7) is 7.03. The molecule has 0 fully saturated rings. The Morgan fingerprint density at radius 3 is 2.41 bits per heavy atom. The summed E-state index contributed by atoms with van der Waals surface area (Å²) in [4.78, 5) is 0. The second-order valence-electron chi connectivity index (χ2n) is 5.08. The van der Waals surface area contributed by atoms with Crippen LogP contribution in [-0.4, -0.2) is 18.8 Å². The van der Waals surface area contributed by atoms with Crippen LogP contribution in [0.2, 0.25) is 0 Å². The molecule has 0 amide bonds. The fourth-order valence-electron chi connectivity index (χ4n) is 1.79. The topological polar surface area (TPSA) is 21.3 Å². The molecule has 1 aromatic carbocycles. The fourth-order valence-corrected chi connectivity index (χ4v) is 1.79. The number of methoxy groups -OCH3 is 1. The molecule has 17 heavy (non-hydrogen) atoms. The van der Waals surface area contributed by atoms with Crippen LogP contribution < -0.4 is 5.32 Å². The van der Waals surface area contributed by atoms with Gasteiger partial charge in [-0.1, -0.05) is 12.1 Å². The lowest BCUT2D eigenvalue weighted by Crippen LogP contribution is -2.35. The zero-order valence-electron chi connectivity index (χ0n) is 11.1. The smallest absolute Gasteiger partial charge is 0.123 e. The molecule has 1 N–H and O–H groups in total. The van der Waals surface area contributed by atoms with Gasteiger partial charge in [0.25, 0.3) is 0 Å². The molecule has 0 heterocycles. The molecule has 3 heteroatoms. The highest BCUT2D eigenvalue weighted by molar-refractivity contribution is 5.15. The number of halogens is 1. The number of hydrogen-bond donors (Lipinski definition) is 1. The maximum atomic E-state index is 12.7. The van der Waals surface area contributed by atoms with Crippen molar-refractivity contribution in [2.24, 2.45) is 0 Å². The number of nitrogens with one attached hydrogen (secondary N) is 1. The number of ether oxygens (including phenoxy) is 1. The molecular weight excluding hydrogens is 217 g/mol. The molecule has 0 bridgehead atoms. The van der Waals surface area contributed by atoms with E-state index < -0.39 is 0 Å². The van der Waals surface area contributed by atoms with Gasteiger partial charge in [-0.15, -0.1) is 0 Å². The summed E-state index contributed by atoms with van der Waals surface area (Å²) < 4.78 is 18.1. The Morgan fingerprint density at radius 1 is 1.29 bits per heavy atom. The SMILES string of the molecule is COC(C)(C)CC(C)NCc1ccc(F)cc1. The van der Waals surface area contributed by atoms with Gasteiger partial charge in [0.05, 0.1) is 5.60 Å². The average Bonchev–Trinajstić information content (AvgIpc) is 2.28. The van der Waals surface area contributed by atoms with Crippen LogP contribution in [0, 0.1) is 5.82 Å². The molecule has 1 atom stereocenters. The molecule has 0 radical (unpaired) electrons. The van der Waals surface area contributed by atoms with Crippen molar-refractivity contribution < 1.29 is 9.13 Å². The minimum absolute atomic E-state index is 0.116. The summed E-state index contributed by atoms with van der Waals surface area (Å²) in [7, 11) is 1.73. The Morgan fingerprint density at radius 2 is 1.88 bits per heavy atom. The molecule has 96 valence electrons. The maximum Gasteiger partial charge on any atom is 0.123 e. The monoisotopic (exact) mass is 239 g/mol. The first-order valence-electron chi connectivity index (χ1n) is 5.96. The van der Waals surface area contributed by atoms with Gasteiger partial charge in [-0.2, -0.15) is 0 Å². The van der Waals surface area contributed by atoms with E-state index >= 15 is 0 Å². The van der Waals surface area contributed by atoms with Crippen LogP contribution in [0.3, 0.4) is 0 Å². The minimum Gasteiger partial charge on any atom is -0.379 e. The van der Waals surface area contributed by atoms with Gasteiger partial charge in [0, 0.05) is 19.7 Å². The summed E-state index contributed by atoms with van der Waals surface area (Å²) >= 11 is 0. The van der Waals surface area contributed by atoms with Crippen molar-refractivity contribution in [3.05, 3.63) is 35.6 Å². The van der Waals surface area contributed by atoms with Crippen LogP contribution in [0.15, 0.2) is 24.3 Å². The Labute approximate surface area is 103 Å². The molecular formula is C14H22FNO. The maximum absolute atomic E-state index is 12.7. The highest BCUT2D eigenvalue weighted by Crippen LogP contribution is 2.15. The summed E-state index contributed by atoms with van der Waals surface area (Å²) in [6.07, 6.45) is 0.935. The molecule has 0 aliphatic rings. The molecule has 0 saturated carbocycles. The Kier molecular flexibility index (Phi) is 5.09. The van der Waals surface area contributed by atoms with Crippen LogP contribution >= 0.6 is 0 Å². The zero-order chi connectivity index (χ0) is 12.9. The molecule has 1 aromatic rings. The van der Waals surface area contributed by atoms with E-state index in [-0.39, 0.29) is 11.4 Å². The number of hydrogen-bond acceptors (Lipinski definition) is 2. The molecule has 0 spiro atoms. The van der Waals surface area contributed by atoms with Crippen molar-refractivity contribution in [2.75, 3.05) is 7.11 Å². The highest BCUT2D eigenvalue weighted by atomic mass is 19.1. The lowest BCUT2D eigenvalue weighted by atomic mass is 10.00. The molecule has 0 aliphatic heterocycles. The first kappa shape index (κ1) is 14.1. The van der Waals surface area contributed by atoms with E-state index in [4.69, 9.17) is 4.74 Å². The summed E-state index contributed by atoms with van der Waals surface area (Å²) in [5, 5.41) is 3.41. The third-order valence-corrected chi connectivity index (χ3v) is 2.92. The van der Waals surface area contributed by atoms with Crippen LogP contribution in [0.5, 0.6) is 0 Å². The van der Waals surface area contributed by atoms with Crippen molar-refractivity contribution in [1.29, 1.82) is 0 Å². The molecule has 1 rings (SSSR count). The Balaban J connectivity index is 2.38. The average molecular weight is 239 g/mol. The summed E-state index contributed by atoms with van der Waals surface area (Å²) in [6, 6.07) is 6.93. The molecule has 0 aromatic heterocycles. The normalized spacial score (nSPS) is 13.7. The van der Waals surface area contributed by atoms with Gasteiger partial charge in [-0.05, 0) is 44.9 Å². The van der Waals surface area contributed by atoms with E-state index in [9.17, 15) is 4.39 Å². The van der Waals surface area contributed by atoms with E-state index in [1.165, 1.54) is 12.1 Å². The van der Waals surface area contributed by atoms with Crippen molar-refractivity contribution in [2.45, 2.75) is 45.4 Å². The predicted octanol–water partition coefficient (Wildman–Crippen LogP) is 3.12.